The van der Waals surface area contributed by atoms with Crippen LogP contribution in [-0.4, -0.2) is 27.1 Å². The lowest BCUT2D eigenvalue weighted by Crippen LogP contribution is -2.40. The fourth-order valence-electron chi connectivity index (χ4n) is 1.10. The van der Waals surface area contributed by atoms with Crippen molar-refractivity contribution in [2.75, 3.05) is 5.88 Å². The zero-order valence-corrected chi connectivity index (χ0v) is 9.85. The smallest absolute Gasteiger partial charge is 0.307 e. The second-order valence-electron chi connectivity index (χ2n) is 3.38. The lowest BCUT2D eigenvalue weighted by atomic mass is 10.4. The maximum Gasteiger partial charge on any atom is 0.443 e. The molecular formula is C8H10ClN3O5. The molecule has 0 atom stereocenters. The summed E-state index contributed by atoms with van der Waals surface area (Å²) < 4.78 is 5.33. The molecule has 1 aromatic rings. The minimum Gasteiger partial charge on any atom is -0.307 e. The molecule has 0 radical (unpaired) electrons. The van der Waals surface area contributed by atoms with Gasteiger partial charge in [0.15, 0.2) is 0 Å². The minimum absolute atomic E-state index is 0.173. The van der Waals surface area contributed by atoms with Gasteiger partial charge in [0.05, 0.1) is 0 Å². The summed E-state index contributed by atoms with van der Waals surface area (Å²) in [6.45, 7) is 3.15. The summed E-state index contributed by atoms with van der Waals surface area (Å²) in [4.78, 5) is 45.0. The standard InChI is InChI=1S/C8H10ClN3O5/c1-4(2)11-7(15)12(17-8(11)16)6(14)10-5(13)3-9/h4H,3H2,1-2H3,(H,10,13,14). The van der Waals surface area contributed by atoms with Crippen molar-refractivity contribution in [3.05, 3.63) is 21.0 Å². The van der Waals surface area contributed by atoms with E-state index in [4.69, 9.17) is 11.6 Å². The molecule has 94 valence electrons. The second-order valence-corrected chi connectivity index (χ2v) is 3.65. The van der Waals surface area contributed by atoms with Gasteiger partial charge in [0.2, 0.25) is 5.91 Å². The van der Waals surface area contributed by atoms with Gasteiger partial charge in [-0.25, -0.2) is 19.0 Å². The van der Waals surface area contributed by atoms with E-state index < -0.39 is 35.3 Å². The van der Waals surface area contributed by atoms with Crippen molar-refractivity contribution >= 4 is 23.5 Å². The summed E-state index contributed by atoms with van der Waals surface area (Å²) in [6.07, 6.45) is 0. The Balaban J connectivity index is 3.13. The van der Waals surface area contributed by atoms with E-state index in [2.05, 4.69) is 4.52 Å². The number of imide groups is 1. The van der Waals surface area contributed by atoms with E-state index >= 15 is 0 Å². The Hall–Kier alpha value is -1.83. The molecule has 0 spiro atoms. The topological polar surface area (TPSA) is 103 Å². The predicted molar refractivity (Wildman–Crippen MR) is 57.3 cm³/mol. The van der Waals surface area contributed by atoms with Crippen LogP contribution < -0.4 is 16.8 Å². The van der Waals surface area contributed by atoms with Crippen LogP contribution in [0.25, 0.3) is 0 Å². The van der Waals surface area contributed by atoms with Gasteiger partial charge in [0.1, 0.15) is 5.88 Å². The third kappa shape index (κ3) is 2.64. The number of carbonyl (C=O) groups excluding carboxylic acids is 2. The molecule has 1 aromatic heterocycles. The molecule has 2 amide bonds. The molecule has 0 unspecified atom stereocenters. The fraction of sp³-hybridized carbons (Fsp3) is 0.500. The fourth-order valence-corrected chi connectivity index (χ4v) is 1.17. The number of carbonyl (C=O) groups is 2. The highest BCUT2D eigenvalue weighted by molar-refractivity contribution is 6.28. The first kappa shape index (κ1) is 13.2. The molecule has 1 N–H and O–H groups in total. The molecule has 0 fully saturated rings. The molecule has 8 nitrogen and oxygen atoms in total. The highest BCUT2D eigenvalue weighted by Crippen LogP contribution is 1.94. The van der Waals surface area contributed by atoms with Crippen LogP contribution in [0.3, 0.4) is 0 Å². The summed E-state index contributed by atoms with van der Waals surface area (Å²) in [6, 6.07) is -1.62. The first-order valence-corrected chi connectivity index (χ1v) is 5.17. The number of hydrogen-bond donors (Lipinski definition) is 1. The number of amides is 2. The highest BCUT2D eigenvalue weighted by Gasteiger charge is 2.20. The van der Waals surface area contributed by atoms with Crippen molar-refractivity contribution in [1.82, 2.24) is 14.6 Å². The molecule has 1 heterocycles. The van der Waals surface area contributed by atoms with Crippen LogP contribution in [0.5, 0.6) is 0 Å². The number of nitrogens with zero attached hydrogens (tertiary/aromatic N) is 2. The molecule has 0 aliphatic heterocycles. The summed E-state index contributed by atoms with van der Waals surface area (Å²) in [7, 11) is 0. The van der Waals surface area contributed by atoms with Crippen LogP contribution in [0, 0.1) is 0 Å². The van der Waals surface area contributed by atoms with Crippen LogP contribution in [0.2, 0.25) is 0 Å². The van der Waals surface area contributed by atoms with Crippen molar-refractivity contribution in [3.63, 3.8) is 0 Å². The quantitative estimate of drug-likeness (QED) is 0.725. The number of hydrogen-bond acceptors (Lipinski definition) is 5. The van der Waals surface area contributed by atoms with Crippen molar-refractivity contribution in [1.29, 1.82) is 0 Å². The maximum atomic E-state index is 11.6. The highest BCUT2D eigenvalue weighted by atomic mass is 35.5. The summed E-state index contributed by atoms with van der Waals surface area (Å²) in [5.41, 5.74) is -0.954. The molecule has 9 heteroatoms. The summed E-state index contributed by atoms with van der Waals surface area (Å²) >= 11 is 5.16. The molecular weight excluding hydrogens is 254 g/mol. The van der Waals surface area contributed by atoms with E-state index in [0.717, 1.165) is 4.57 Å². The van der Waals surface area contributed by atoms with E-state index in [-0.39, 0.29) is 4.74 Å². The Labute approximate surface area is 99.7 Å². The first-order valence-electron chi connectivity index (χ1n) is 4.63. The third-order valence-electron chi connectivity index (χ3n) is 1.81. The molecule has 0 bridgehead atoms. The first-order chi connectivity index (χ1) is 7.88. The van der Waals surface area contributed by atoms with E-state index in [1.54, 1.807) is 19.2 Å². The number of nitrogens with one attached hydrogen (secondary N) is 1. The van der Waals surface area contributed by atoms with E-state index in [1.807, 2.05) is 0 Å². The number of halogens is 1. The van der Waals surface area contributed by atoms with Gasteiger partial charge in [-0.1, -0.05) is 4.74 Å². The molecule has 0 aliphatic carbocycles. The average molecular weight is 264 g/mol. The molecule has 1 rings (SSSR count). The Morgan fingerprint density at radius 2 is 2.00 bits per heavy atom. The Kier molecular flexibility index (Phi) is 3.89. The molecule has 17 heavy (non-hydrogen) atoms. The zero-order valence-electron chi connectivity index (χ0n) is 9.10. The molecule has 0 aromatic carbocycles. The normalized spacial score (nSPS) is 10.6. The van der Waals surface area contributed by atoms with Crippen molar-refractivity contribution in [2.24, 2.45) is 0 Å². The lowest BCUT2D eigenvalue weighted by Gasteiger charge is -2.00. The predicted octanol–water partition coefficient (Wildman–Crippen LogP) is -0.493. The second kappa shape index (κ2) is 5.00. The van der Waals surface area contributed by atoms with Crippen LogP contribution in [0.4, 0.5) is 4.79 Å². The third-order valence-corrected chi connectivity index (χ3v) is 2.06. The van der Waals surface area contributed by atoms with Gasteiger partial charge in [0, 0.05) is 6.04 Å². The van der Waals surface area contributed by atoms with Gasteiger partial charge in [-0.15, -0.1) is 11.6 Å². The van der Waals surface area contributed by atoms with Crippen LogP contribution >= 0.6 is 11.6 Å². The van der Waals surface area contributed by atoms with Crippen molar-refractivity contribution in [2.45, 2.75) is 19.9 Å². The molecule has 0 saturated heterocycles. The van der Waals surface area contributed by atoms with Gasteiger partial charge >= 0.3 is 17.5 Å². The van der Waals surface area contributed by atoms with Crippen LogP contribution in [0.15, 0.2) is 14.1 Å². The van der Waals surface area contributed by atoms with Gasteiger partial charge in [-0.2, -0.15) is 0 Å². The van der Waals surface area contributed by atoms with Crippen molar-refractivity contribution in [3.8, 4) is 0 Å². The number of alkyl halides is 1. The zero-order chi connectivity index (χ0) is 13.2. The van der Waals surface area contributed by atoms with E-state index in [9.17, 15) is 19.2 Å². The summed E-state index contributed by atoms with van der Waals surface area (Å²) in [5, 5.41) is 1.77. The van der Waals surface area contributed by atoms with E-state index in [0.29, 0.717) is 0 Å². The van der Waals surface area contributed by atoms with Gasteiger partial charge < -0.3 is 4.52 Å². The largest absolute Gasteiger partial charge is 0.443 e. The molecule has 0 saturated carbocycles. The minimum atomic E-state index is -1.16. The van der Waals surface area contributed by atoms with Crippen molar-refractivity contribution < 1.29 is 14.1 Å². The van der Waals surface area contributed by atoms with Crippen LogP contribution in [0.1, 0.15) is 19.9 Å². The van der Waals surface area contributed by atoms with Gasteiger partial charge in [-0.05, 0) is 13.8 Å². The summed E-state index contributed by atoms with van der Waals surface area (Å²) in [5.74, 6) is -2.22. The maximum absolute atomic E-state index is 11.6. The Bertz CT molecular complexity index is 552. The van der Waals surface area contributed by atoms with Gasteiger partial charge in [0.25, 0.3) is 0 Å². The number of rotatable bonds is 2. The Morgan fingerprint density at radius 1 is 1.41 bits per heavy atom. The van der Waals surface area contributed by atoms with E-state index in [1.165, 1.54) is 0 Å². The van der Waals surface area contributed by atoms with Gasteiger partial charge in [-0.3, -0.25) is 10.1 Å². The average Bonchev–Trinajstić information content (AvgIpc) is 2.53. The Morgan fingerprint density at radius 3 is 2.41 bits per heavy atom. The number of aromatic nitrogens is 2. The molecule has 0 aliphatic rings. The van der Waals surface area contributed by atoms with Crippen LogP contribution in [-0.2, 0) is 4.79 Å². The SMILES string of the molecule is CC(C)n1c(=O)on(C(=O)NC(=O)CCl)c1=O. The lowest BCUT2D eigenvalue weighted by molar-refractivity contribution is -0.117. The monoisotopic (exact) mass is 263 g/mol.